The summed E-state index contributed by atoms with van der Waals surface area (Å²) < 4.78 is 19.7. The fourth-order valence-corrected chi connectivity index (χ4v) is 4.90. The standard InChI is InChI=1S/C24H25N3O3/c1-17-3-2-4-19(9-17)20-11-25-23-13-30-24(15-27(20)23)7-8-26(14-24)12-18-5-6-21-22(10-18)29-16-28-21/h2-6,9-11H,7-8,12-16H2,1H3/t24-/m0/s1. The van der Waals surface area contributed by atoms with Crippen molar-refractivity contribution in [2.24, 2.45) is 0 Å². The van der Waals surface area contributed by atoms with Crippen LogP contribution in [0.3, 0.4) is 0 Å². The van der Waals surface area contributed by atoms with Crippen LogP contribution in [0.1, 0.15) is 23.4 Å². The van der Waals surface area contributed by atoms with Crippen LogP contribution in [0.4, 0.5) is 0 Å². The lowest BCUT2D eigenvalue weighted by molar-refractivity contribution is -0.0821. The van der Waals surface area contributed by atoms with Crippen LogP contribution in [-0.2, 0) is 24.4 Å². The number of ether oxygens (including phenoxy) is 3. The number of nitrogens with zero attached hydrogens (tertiary/aromatic N) is 3. The van der Waals surface area contributed by atoms with E-state index in [1.165, 1.54) is 22.4 Å². The Balaban J connectivity index is 1.21. The number of hydrogen-bond acceptors (Lipinski definition) is 5. The van der Waals surface area contributed by atoms with Gasteiger partial charge in [-0.15, -0.1) is 0 Å². The van der Waals surface area contributed by atoms with E-state index in [9.17, 15) is 0 Å². The van der Waals surface area contributed by atoms with Gasteiger partial charge in [0.1, 0.15) is 18.0 Å². The van der Waals surface area contributed by atoms with Crippen molar-refractivity contribution < 1.29 is 14.2 Å². The molecule has 1 atom stereocenters. The van der Waals surface area contributed by atoms with Gasteiger partial charge in [0.15, 0.2) is 11.5 Å². The fraction of sp³-hybridized carbons (Fsp3) is 0.375. The third kappa shape index (κ3) is 3.07. The Hall–Kier alpha value is -2.83. The van der Waals surface area contributed by atoms with Gasteiger partial charge in [0, 0.05) is 25.2 Å². The topological polar surface area (TPSA) is 48.8 Å². The second kappa shape index (κ2) is 6.86. The van der Waals surface area contributed by atoms with E-state index in [4.69, 9.17) is 14.2 Å². The lowest BCUT2D eigenvalue weighted by Gasteiger charge is -2.35. The first-order valence-electron chi connectivity index (χ1n) is 10.5. The Morgan fingerprint density at radius 3 is 2.93 bits per heavy atom. The number of hydrogen-bond donors (Lipinski definition) is 0. The van der Waals surface area contributed by atoms with Crippen LogP contribution in [0.5, 0.6) is 11.5 Å². The Labute approximate surface area is 176 Å². The minimum absolute atomic E-state index is 0.150. The molecule has 1 spiro atoms. The summed E-state index contributed by atoms with van der Waals surface area (Å²) in [6.07, 6.45) is 3.02. The maximum absolute atomic E-state index is 6.40. The maximum Gasteiger partial charge on any atom is 0.231 e. The smallest absolute Gasteiger partial charge is 0.231 e. The van der Waals surface area contributed by atoms with Crippen LogP contribution in [0.25, 0.3) is 11.3 Å². The molecule has 30 heavy (non-hydrogen) atoms. The van der Waals surface area contributed by atoms with Gasteiger partial charge in [-0.25, -0.2) is 4.98 Å². The molecule has 1 aromatic heterocycles. The molecule has 0 unspecified atom stereocenters. The zero-order valence-corrected chi connectivity index (χ0v) is 17.1. The third-order valence-corrected chi connectivity index (χ3v) is 6.44. The molecule has 4 heterocycles. The molecular weight excluding hydrogens is 378 g/mol. The van der Waals surface area contributed by atoms with Crippen molar-refractivity contribution in [3.63, 3.8) is 0 Å². The molecule has 3 aromatic rings. The van der Waals surface area contributed by atoms with Gasteiger partial charge in [-0.1, -0.05) is 29.8 Å². The minimum Gasteiger partial charge on any atom is -0.454 e. The first-order chi connectivity index (χ1) is 14.7. The van der Waals surface area contributed by atoms with E-state index < -0.39 is 0 Å². The van der Waals surface area contributed by atoms with Gasteiger partial charge >= 0.3 is 0 Å². The molecule has 154 valence electrons. The Morgan fingerprint density at radius 2 is 2.00 bits per heavy atom. The van der Waals surface area contributed by atoms with Crippen molar-refractivity contribution in [1.82, 2.24) is 14.5 Å². The largest absolute Gasteiger partial charge is 0.454 e. The highest BCUT2D eigenvalue weighted by Gasteiger charge is 2.43. The zero-order valence-electron chi connectivity index (χ0n) is 17.1. The maximum atomic E-state index is 6.40. The molecule has 0 saturated carbocycles. The summed E-state index contributed by atoms with van der Waals surface area (Å²) in [5.74, 6) is 2.70. The molecule has 0 bridgehead atoms. The molecule has 0 radical (unpaired) electrons. The zero-order chi connectivity index (χ0) is 20.1. The van der Waals surface area contributed by atoms with E-state index in [2.05, 4.69) is 57.8 Å². The summed E-state index contributed by atoms with van der Waals surface area (Å²) in [6.45, 7) is 6.71. The second-order valence-corrected chi connectivity index (χ2v) is 8.64. The summed E-state index contributed by atoms with van der Waals surface area (Å²) in [5.41, 5.74) is 4.77. The fourth-order valence-electron chi connectivity index (χ4n) is 4.90. The molecule has 1 saturated heterocycles. The molecule has 3 aliphatic heterocycles. The van der Waals surface area contributed by atoms with Crippen LogP contribution >= 0.6 is 0 Å². The predicted molar refractivity (Wildman–Crippen MR) is 112 cm³/mol. The van der Waals surface area contributed by atoms with Crippen LogP contribution in [0.2, 0.25) is 0 Å². The molecule has 6 heteroatoms. The van der Waals surface area contributed by atoms with Gasteiger partial charge in [-0.3, -0.25) is 4.90 Å². The van der Waals surface area contributed by atoms with Gasteiger partial charge < -0.3 is 18.8 Å². The normalized spacial score (nSPS) is 22.6. The molecule has 3 aliphatic rings. The van der Waals surface area contributed by atoms with Gasteiger partial charge in [-0.05, 0) is 37.1 Å². The van der Waals surface area contributed by atoms with E-state index in [-0.39, 0.29) is 5.60 Å². The van der Waals surface area contributed by atoms with E-state index in [1.807, 2.05) is 12.3 Å². The Kier molecular flexibility index (Phi) is 4.11. The first-order valence-corrected chi connectivity index (χ1v) is 10.5. The van der Waals surface area contributed by atoms with E-state index in [0.717, 1.165) is 49.9 Å². The van der Waals surface area contributed by atoms with Gasteiger partial charge in [0.25, 0.3) is 0 Å². The lowest BCUT2D eigenvalue weighted by atomic mass is 10.0. The average molecular weight is 403 g/mol. The van der Waals surface area contributed by atoms with Crippen LogP contribution in [-0.4, -0.2) is 39.9 Å². The van der Waals surface area contributed by atoms with Crippen molar-refractivity contribution in [2.75, 3.05) is 19.9 Å². The quantitative estimate of drug-likeness (QED) is 0.666. The number of aryl methyl sites for hydroxylation is 1. The summed E-state index contributed by atoms with van der Waals surface area (Å²) in [7, 11) is 0. The van der Waals surface area contributed by atoms with Crippen molar-refractivity contribution in [3.8, 4) is 22.8 Å². The number of rotatable bonds is 3. The summed E-state index contributed by atoms with van der Waals surface area (Å²) in [6, 6.07) is 14.9. The van der Waals surface area contributed by atoms with Gasteiger partial charge in [0.2, 0.25) is 6.79 Å². The summed E-state index contributed by atoms with van der Waals surface area (Å²) >= 11 is 0. The highest BCUT2D eigenvalue weighted by molar-refractivity contribution is 5.60. The molecule has 6 rings (SSSR count). The SMILES string of the molecule is Cc1cccc(-c2cnc3n2C[C@@]2(CCN(Cc4ccc5c(c4)OCO5)C2)OC3)c1. The summed E-state index contributed by atoms with van der Waals surface area (Å²) in [5, 5.41) is 0. The monoisotopic (exact) mass is 403 g/mol. The number of aromatic nitrogens is 2. The van der Waals surface area contributed by atoms with E-state index >= 15 is 0 Å². The van der Waals surface area contributed by atoms with Crippen molar-refractivity contribution in [1.29, 1.82) is 0 Å². The average Bonchev–Trinajstić information content (AvgIpc) is 3.47. The molecule has 0 aliphatic carbocycles. The van der Waals surface area contributed by atoms with Crippen molar-refractivity contribution in [3.05, 3.63) is 65.6 Å². The van der Waals surface area contributed by atoms with E-state index in [1.54, 1.807) is 0 Å². The van der Waals surface area contributed by atoms with Crippen molar-refractivity contribution >= 4 is 0 Å². The number of likely N-dealkylation sites (tertiary alicyclic amines) is 1. The molecular formula is C24H25N3O3. The second-order valence-electron chi connectivity index (χ2n) is 8.64. The van der Waals surface area contributed by atoms with Crippen LogP contribution in [0, 0.1) is 6.92 Å². The van der Waals surface area contributed by atoms with Gasteiger partial charge in [-0.2, -0.15) is 0 Å². The predicted octanol–water partition coefficient (Wildman–Crippen LogP) is 3.76. The van der Waals surface area contributed by atoms with Gasteiger partial charge in [0.05, 0.1) is 18.4 Å². The summed E-state index contributed by atoms with van der Waals surface area (Å²) in [4.78, 5) is 7.11. The highest BCUT2D eigenvalue weighted by atomic mass is 16.7. The number of fused-ring (bicyclic) bond motifs is 2. The molecule has 2 aromatic carbocycles. The Morgan fingerprint density at radius 1 is 1.07 bits per heavy atom. The minimum atomic E-state index is -0.150. The molecule has 6 nitrogen and oxygen atoms in total. The number of benzene rings is 2. The first kappa shape index (κ1) is 18.0. The number of imidazole rings is 1. The van der Waals surface area contributed by atoms with E-state index in [0.29, 0.717) is 13.4 Å². The molecule has 0 N–H and O–H groups in total. The molecule has 1 fully saturated rings. The molecule has 0 amide bonds. The third-order valence-electron chi connectivity index (χ3n) is 6.44. The van der Waals surface area contributed by atoms with Crippen molar-refractivity contribution in [2.45, 2.75) is 38.6 Å². The lowest BCUT2D eigenvalue weighted by Crippen LogP contribution is -2.44. The van der Waals surface area contributed by atoms with Crippen LogP contribution < -0.4 is 9.47 Å². The Bertz CT molecular complexity index is 1110. The highest BCUT2D eigenvalue weighted by Crippen LogP contribution is 2.37. The van der Waals surface area contributed by atoms with Crippen LogP contribution in [0.15, 0.2) is 48.7 Å².